The largest absolute Gasteiger partial charge is 0.455 e. The lowest BCUT2D eigenvalue weighted by Crippen LogP contribution is -2.73. The minimum absolute atomic E-state index is 0.0988. The van der Waals surface area contributed by atoms with Gasteiger partial charge < -0.3 is 20.2 Å². The highest BCUT2D eigenvalue weighted by molar-refractivity contribution is 8.08. The summed E-state index contributed by atoms with van der Waals surface area (Å²) in [5.74, 6) is -1.31. The highest BCUT2D eigenvalue weighted by atomic mass is 32.2. The number of fused-ring (bicyclic) bond motifs is 1. The van der Waals surface area contributed by atoms with Crippen LogP contribution in [0.25, 0.3) is 4.91 Å². The van der Waals surface area contributed by atoms with Gasteiger partial charge in [-0.05, 0) is 49.6 Å². The second-order valence-corrected chi connectivity index (χ2v) is 15.5. The molecule has 0 aliphatic carbocycles. The molecule has 0 radical (unpaired) electrons. The number of carbonyl (C=O) groups is 3. The van der Waals surface area contributed by atoms with Gasteiger partial charge in [0, 0.05) is 17.3 Å². The van der Waals surface area contributed by atoms with Crippen molar-refractivity contribution in [1.29, 1.82) is 0 Å². The molecule has 7 rings (SSSR count). The average molecular weight is 759 g/mol. The molecule has 11 nitrogen and oxygen atoms in total. The van der Waals surface area contributed by atoms with Crippen LogP contribution < -0.4 is 10.6 Å². The van der Waals surface area contributed by atoms with Gasteiger partial charge in [-0.25, -0.2) is 9.78 Å². The Kier molecular flexibility index (Phi) is 10.3. The first kappa shape index (κ1) is 36.6. The van der Waals surface area contributed by atoms with Gasteiger partial charge in [0.25, 0.3) is 11.8 Å². The quantitative estimate of drug-likeness (QED) is 0.0513. The summed E-state index contributed by atoms with van der Waals surface area (Å²) in [4.78, 5) is 57.6. The molecule has 2 N–H and O–H groups in total. The van der Waals surface area contributed by atoms with Crippen molar-refractivity contribution in [3.63, 3.8) is 0 Å². The van der Waals surface area contributed by atoms with Crippen LogP contribution in [0.15, 0.2) is 132 Å². The van der Waals surface area contributed by atoms with Crippen LogP contribution in [0, 0.1) is 0 Å². The van der Waals surface area contributed by atoms with Gasteiger partial charge in [0.15, 0.2) is 10.8 Å². The zero-order valence-electron chi connectivity index (χ0n) is 30.1. The van der Waals surface area contributed by atoms with Crippen LogP contribution in [-0.2, 0) is 29.5 Å². The molecule has 274 valence electrons. The highest BCUT2D eigenvalue weighted by Gasteiger charge is 2.55. The highest BCUT2D eigenvalue weighted by Crippen LogP contribution is 2.44. The maximum atomic E-state index is 13.9. The van der Waals surface area contributed by atoms with Crippen molar-refractivity contribution in [2.75, 3.05) is 18.2 Å². The Bertz CT molecular complexity index is 2110. The first-order valence-electron chi connectivity index (χ1n) is 17.3. The van der Waals surface area contributed by atoms with Crippen molar-refractivity contribution in [2.45, 2.75) is 44.0 Å². The second kappa shape index (κ2) is 15.3. The molecule has 2 unspecified atom stereocenters. The SMILES string of the molecule is CON=C(C(=O)NC1C(=O)N2C(C(=O)OC(C)(C)C)=C(c3ccccn3)SCC12)c1csc(NC(c2ccccc2)(c2ccccc2)c2ccccc2)n1. The molecule has 2 amide bonds. The molecule has 0 spiro atoms. The lowest BCUT2D eigenvalue weighted by Gasteiger charge is -2.50. The Morgan fingerprint density at radius 1 is 0.870 bits per heavy atom. The monoisotopic (exact) mass is 758 g/mol. The number of carbonyl (C=O) groups excluding carboxylic acids is 3. The van der Waals surface area contributed by atoms with E-state index in [1.54, 1.807) is 44.5 Å². The number of esters is 1. The van der Waals surface area contributed by atoms with Crippen molar-refractivity contribution in [1.82, 2.24) is 20.2 Å². The van der Waals surface area contributed by atoms with Gasteiger partial charge >= 0.3 is 5.97 Å². The molecule has 13 heteroatoms. The van der Waals surface area contributed by atoms with Gasteiger partial charge in [0.05, 0.1) is 16.6 Å². The zero-order valence-corrected chi connectivity index (χ0v) is 31.7. The average Bonchev–Trinajstić information content (AvgIpc) is 3.66. The minimum atomic E-state index is -0.923. The number of rotatable bonds is 11. The van der Waals surface area contributed by atoms with Crippen molar-refractivity contribution in [3.05, 3.63) is 155 Å². The number of hydrogen-bond donors (Lipinski definition) is 2. The first-order chi connectivity index (χ1) is 26.1. The predicted octanol–water partition coefficient (Wildman–Crippen LogP) is 6.45. The molecule has 0 bridgehead atoms. The Balaban J connectivity index is 1.17. The smallest absolute Gasteiger partial charge is 0.356 e. The summed E-state index contributed by atoms with van der Waals surface area (Å²) in [7, 11) is 1.34. The van der Waals surface area contributed by atoms with Crippen LogP contribution in [0.5, 0.6) is 0 Å². The lowest BCUT2D eigenvalue weighted by molar-refractivity contribution is -0.160. The Morgan fingerprint density at radius 2 is 1.46 bits per heavy atom. The molecule has 1 fully saturated rings. The lowest BCUT2D eigenvalue weighted by atomic mass is 9.77. The number of β-lactam (4-membered cyclic amide) rings is 1. The zero-order chi connectivity index (χ0) is 37.9. The van der Waals surface area contributed by atoms with Crippen LogP contribution in [0.4, 0.5) is 5.13 Å². The summed E-state index contributed by atoms with van der Waals surface area (Å²) in [5, 5.41) is 12.9. The molecule has 2 aliphatic rings. The summed E-state index contributed by atoms with van der Waals surface area (Å²) in [5.41, 5.74) is 2.17. The van der Waals surface area contributed by atoms with Crippen LogP contribution >= 0.6 is 23.1 Å². The number of nitrogens with zero attached hydrogens (tertiary/aromatic N) is 4. The van der Waals surface area contributed by atoms with E-state index in [9.17, 15) is 14.4 Å². The third-order valence-corrected chi connectivity index (χ3v) is 10.9. The molecule has 0 saturated carbocycles. The number of benzene rings is 3. The molecular formula is C41H38N6O5S2. The van der Waals surface area contributed by atoms with Gasteiger partial charge in [-0.15, -0.1) is 23.1 Å². The van der Waals surface area contributed by atoms with Gasteiger partial charge in [0.2, 0.25) is 0 Å². The van der Waals surface area contributed by atoms with Crippen LogP contribution in [0.1, 0.15) is 48.8 Å². The van der Waals surface area contributed by atoms with Gasteiger partial charge in [-0.1, -0.05) is 102 Å². The second-order valence-electron chi connectivity index (χ2n) is 13.6. The van der Waals surface area contributed by atoms with Gasteiger partial charge in [0.1, 0.15) is 35.7 Å². The van der Waals surface area contributed by atoms with Crippen molar-refractivity contribution < 1.29 is 24.0 Å². The summed E-state index contributed by atoms with van der Waals surface area (Å²) >= 11 is 2.70. The third-order valence-electron chi connectivity index (χ3n) is 8.91. The topological polar surface area (TPSA) is 135 Å². The first-order valence-corrected chi connectivity index (χ1v) is 19.1. The van der Waals surface area contributed by atoms with E-state index in [0.717, 1.165) is 16.7 Å². The number of hydrogen-bond acceptors (Lipinski definition) is 11. The third kappa shape index (κ3) is 7.12. The van der Waals surface area contributed by atoms with Crippen molar-refractivity contribution >= 4 is 56.6 Å². The summed E-state index contributed by atoms with van der Waals surface area (Å²) < 4.78 is 5.73. The van der Waals surface area contributed by atoms with Crippen LogP contribution in [0.3, 0.4) is 0 Å². The fourth-order valence-corrected chi connectivity index (χ4v) is 8.61. The number of anilines is 1. The van der Waals surface area contributed by atoms with E-state index in [1.807, 2.05) is 60.7 Å². The fourth-order valence-electron chi connectivity index (χ4n) is 6.59. The van der Waals surface area contributed by atoms with E-state index in [1.165, 1.54) is 35.1 Å². The molecule has 4 heterocycles. The van der Waals surface area contributed by atoms with Crippen LogP contribution in [0.2, 0.25) is 0 Å². The van der Waals surface area contributed by atoms with Crippen molar-refractivity contribution in [3.8, 4) is 0 Å². The normalized spacial score (nSPS) is 17.3. The summed E-state index contributed by atoms with van der Waals surface area (Å²) in [6, 6.07) is 34.3. The van der Waals surface area contributed by atoms with E-state index in [2.05, 4.69) is 57.2 Å². The Hall–Kier alpha value is -5.79. The van der Waals surface area contributed by atoms with E-state index < -0.39 is 41.0 Å². The maximum Gasteiger partial charge on any atom is 0.356 e. The van der Waals surface area contributed by atoms with E-state index in [4.69, 9.17) is 14.6 Å². The number of aromatic nitrogens is 2. The number of nitrogens with one attached hydrogen (secondary N) is 2. The molecule has 2 aliphatic heterocycles. The Morgan fingerprint density at radius 3 is 2.00 bits per heavy atom. The number of pyridine rings is 1. The summed E-state index contributed by atoms with van der Waals surface area (Å²) in [6.45, 7) is 5.30. The van der Waals surface area contributed by atoms with E-state index in [-0.39, 0.29) is 17.1 Å². The minimum Gasteiger partial charge on any atom is -0.455 e. The standard InChI is InChI=1S/C41H38N6O5S2/c1-40(2,3)52-38(50)34-35(29-22-14-15-23-42-29)53-25-31-33(37(49)47(31)34)44-36(48)32(46-51-4)30-24-54-39(43-30)45-41(26-16-8-5-9-17-26,27-18-10-6-11-19-27)28-20-12-7-13-21-28/h5-24,31,33H,25H2,1-4H3,(H,43,45)(H,44,48). The molecule has 1 saturated heterocycles. The maximum absolute atomic E-state index is 13.9. The fraction of sp³-hybridized carbons (Fsp3) is 0.220. The van der Waals surface area contributed by atoms with Gasteiger partial charge in [-0.2, -0.15) is 0 Å². The molecule has 2 atom stereocenters. The molecular weight excluding hydrogens is 721 g/mol. The molecule has 3 aromatic carbocycles. The number of thioether (sulfide) groups is 1. The van der Waals surface area contributed by atoms with E-state index >= 15 is 0 Å². The Labute approximate surface area is 321 Å². The van der Waals surface area contributed by atoms with Crippen molar-refractivity contribution in [2.24, 2.45) is 5.16 Å². The van der Waals surface area contributed by atoms with Gasteiger partial charge in [-0.3, -0.25) is 19.5 Å². The molecule has 54 heavy (non-hydrogen) atoms. The number of oxime groups is 1. The van der Waals surface area contributed by atoms with Crippen LogP contribution in [-0.4, -0.2) is 68.9 Å². The number of amides is 2. The number of ether oxygens (including phenoxy) is 1. The molecule has 5 aromatic rings. The number of thiazole rings is 1. The van der Waals surface area contributed by atoms with E-state index in [0.29, 0.717) is 21.5 Å². The predicted molar refractivity (Wildman–Crippen MR) is 211 cm³/mol. The summed E-state index contributed by atoms with van der Waals surface area (Å²) in [6.07, 6.45) is 1.63. The molecule has 2 aromatic heterocycles.